The third kappa shape index (κ3) is 3.19. The van der Waals surface area contributed by atoms with Crippen LogP contribution in [0, 0.1) is 0 Å². The molecule has 2 aromatic rings. The third-order valence-electron chi connectivity index (χ3n) is 3.90. The zero-order valence-corrected chi connectivity index (χ0v) is 12.3. The molecule has 1 atom stereocenters. The van der Waals surface area contributed by atoms with E-state index in [9.17, 15) is 0 Å². The van der Waals surface area contributed by atoms with Gasteiger partial charge in [-0.15, -0.1) is 0 Å². The van der Waals surface area contributed by atoms with Gasteiger partial charge in [-0.3, -0.25) is 0 Å². The molecule has 0 spiro atoms. The van der Waals surface area contributed by atoms with E-state index in [0.29, 0.717) is 6.04 Å². The summed E-state index contributed by atoms with van der Waals surface area (Å²) >= 11 is 0. The standard InChI is InChI=1S/C18H21NO2/c1-20-17-9-5-8-15-16(11-13-21-18(15)17)19-12-10-14-6-3-2-4-7-14/h2-9,16,19H,10-13H2,1H3. The first-order valence-corrected chi connectivity index (χ1v) is 7.45. The molecule has 21 heavy (non-hydrogen) atoms. The molecule has 3 rings (SSSR count). The first-order valence-electron chi connectivity index (χ1n) is 7.45. The summed E-state index contributed by atoms with van der Waals surface area (Å²) in [6.45, 7) is 1.70. The first kappa shape index (κ1) is 14.0. The number of nitrogens with one attached hydrogen (secondary N) is 1. The Morgan fingerprint density at radius 1 is 1.14 bits per heavy atom. The molecule has 1 aliphatic rings. The Bertz CT molecular complexity index is 583. The maximum absolute atomic E-state index is 5.78. The number of hydrogen-bond acceptors (Lipinski definition) is 3. The zero-order chi connectivity index (χ0) is 14.5. The Morgan fingerprint density at radius 2 is 2.00 bits per heavy atom. The van der Waals surface area contributed by atoms with Crippen LogP contribution in [0.5, 0.6) is 11.5 Å². The highest BCUT2D eigenvalue weighted by molar-refractivity contribution is 5.49. The van der Waals surface area contributed by atoms with Gasteiger partial charge in [0.2, 0.25) is 0 Å². The second-order valence-electron chi connectivity index (χ2n) is 5.26. The number of fused-ring (bicyclic) bond motifs is 1. The van der Waals surface area contributed by atoms with E-state index in [0.717, 1.165) is 37.5 Å². The van der Waals surface area contributed by atoms with Crippen molar-refractivity contribution in [1.29, 1.82) is 0 Å². The highest BCUT2D eigenvalue weighted by atomic mass is 16.5. The summed E-state index contributed by atoms with van der Waals surface area (Å²) in [5, 5.41) is 3.64. The van der Waals surface area contributed by atoms with Gasteiger partial charge >= 0.3 is 0 Å². The van der Waals surface area contributed by atoms with Crippen LogP contribution in [0.15, 0.2) is 48.5 Å². The van der Waals surface area contributed by atoms with Crippen molar-refractivity contribution in [2.24, 2.45) is 0 Å². The number of benzene rings is 2. The number of para-hydroxylation sites is 1. The maximum Gasteiger partial charge on any atom is 0.165 e. The monoisotopic (exact) mass is 283 g/mol. The predicted molar refractivity (Wildman–Crippen MR) is 84.0 cm³/mol. The van der Waals surface area contributed by atoms with E-state index in [-0.39, 0.29) is 0 Å². The Kier molecular flexibility index (Phi) is 4.41. The normalized spacial score (nSPS) is 16.9. The van der Waals surface area contributed by atoms with E-state index in [4.69, 9.17) is 9.47 Å². The van der Waals surface area contributed by atoms with Crippen LogP contribution in [0.1, 0.15) is 23.6 Å². The molecule has 0 aromatic heterocycles. The van der Waals surface area contributed by atoms with Gasteiger partial charge in [0.05, 0.1) is 13.7 Å². The molecule has 0 fully saturated rings. The Morgan fingerprint density at radius 3 is 2.81 bits per heavy atom. The lowest BCUT2D eigenvalue weighted by molar-refractivity contribution is 0.239. The molecule has 0 saturated heterocycles. The predicted octanol–water partition coefficient (Wildman–Crippen LogP) is 3.35. The zero-order valence-electron chi connectivity index (χ0n) is 12.3. The second kappa shape index (κ2) is 6.64. The lowest BCUT2D eigenvalue weighted by Crippen LogP contribution is -2.28. The summed E-state index contributed by atoms with van der Waals surface area (Å²) in [6, 6.07) is 17.0. The number of ether oxygens (including phenoxy) is 2. The smallest absolute Gasteiger partial charge is 0.165 e. The molecule has 2 aromatic carbocycles. The van der Waals surface area contributed by atoms with E-state index in [1.54, 1.807) is 7.11 Å². The van der Waals surface area contributed by atoms with Gasteiger partial charge in [-0.2, -0.15) is 0 Å². The third-order valence-corrected chi connectivity index (χ3v) is 3.90. The summed E-state index contributed by atoms with van der Waals surface area (Å²) in [7, 11) is 1.69. The summed E-state index contributed by atoms with van der Waals surface area (Å²) in [6.07, 6.45) is 2.03. The van der Waals surface area contributed by atoms with Crippen molar-refractivity contribution in [3.8, 4) is 11.5 Å². The van der Waals surface area contributed by atoms with Crippen LogP contribution >= 0.6 is 0 Å². The van der Waals surface area contributed by atoms with E-state index in [1.165, 1.54) is 11.1 Å². The average molecular weight is 283 g/mol. The van der Waals surface area contributed by atoms with Gasteiger partial charge in [0.15, 0.2) is 11.5 Å². The summed E-state index contributed by atoms with van der Waals surface area (Å²) in [5.74, 6) is 1.71. The van der Waals surface area contributed by atoms with Crippen LogP contribution in [0.2, 0.25) is 0 Å². The van der Waals surface area contributed by atoms with E-state index in [2.05, 4.69) is 41.7 Å². The molecule has 0 radical (unpaired) electrons. The van der Waals surface area contributed by atoms with Crippen LogP contribution in [0.25, 0.3) is 0 Å². The fraction of sp³-hybridized carbons (Fsp3) is 0.333. The van der Waals surface area contributed by atoms with Gasteiger partial charge in [-0.05, 0) is 24.6 Å². The minimum Gasteiger partial charge on any atom is -0.493 e. The number of hydrogen-bond donors (Lipinski definition) is 1. The van der Waals surface area contributed by atoms with Crippen LogP contribution in [-0.4, -0.2) is 20.3 Å². The minimum absolute atomic E-state index is 0.340. The number of methoxy groups -OCH3 is 1. The first-order chi connectivity index (χ1) is 10.4. The van der Waals surface area contributed by atoms with Crippen LogP contribution in [-0.2, 0) is 6.42 Å². The Hall–Kier alpha value is -2.00. The van der Waals surface area contributed by atoms with Gasteiger partial charge in [-0.25, -0.2) is 0 Å². The highest BCUT2D eigenvalue weighted by Crippen LogP contribution is 2.39. The molecule has 110 valence electrons. The van der Waals surface area contributed by atoms with Crippen LogP contribution < -0.4 is 14.8 Å². The van der Waals surface area contributed by atoms with Crippen molar-refractivity contribution in [1.82, 2.24) is 5.32 Å². The molecule has 0 amide bonds. The molecule has 0 saturated carbocycles. The van der Waals surface area contributed by atoms with Gasteiger partial charge in [0, 0.05) is 18.0 Å². The van der Waals surface area contributed by atoms with Crippen molar-refractivity contribution in [2.45, 2.75) is 18.9 Å². The SMILES string of the molecule is COc1cccc2c1OCCC2NCCc1ccccc1. The molecule has 1 aliphatic heterocycles. The van der Waals surface area contributed by atoms with Gasteiger partial charge < -0.3 is 14.8 Å². The molecule has 1 heterocycles. The molecule has 1 N–H and O–H groups in total. The van der Waals surface area contributed by atoms with Gasteiger partial charge in [0.1, 0.15) is 0 Å². The lowest BCUT2D eigenvalue weighted by Gasteiger charge is -2.28. The average Bonchev–Trinajstić information content (AvgIpc) is 2.55. The van der Waals surface area contributed by atoms with Crippen molar-refractivity contribution in [3.63, 3.8) is 0 Å². The topological polar surface area (TPSA) is 30.5 Å². The summed E-state index contributed by atoms with van der Waals surface area (Å²) in [5.41, 5.74) is 2.57. The summed E-state index contributed by atoms with van der Waals surface area (Å²) < 4.78 is 11.2. The molecule has 3 heteroatoms. The van der Waals surface area contributed by atoms with Crippen molar-refractivity contribution >= 4 is 0 Å². The highest BCUT2D eigenvalue weighted by Gasteiger charge is 2.23. The maximum atomic E-state index is 5.78. The largest absolute Gasteiger partial charge is 0.493 e. The van der Waals surface area contributed by atoms with Gasteiger partial charge in [0.25, 0.3) is 0 Å². The Balaban J connectivity index is 1.65. The van der Waals surface area contributed by atoms with E-state index >= 15 is 0 Å². The molecular weight excluding hydrogens is 262 g/mol. The van der Waals surface area contributed by atoms with E-state index in [1.807, 2.05) is 12.1 Å². The van der Waals surface area contributed by atoms with E-state index < -0.39 is 0 Å². The van der Waals surface area contributed by atoms with Crippen molar-refractivity contribution in [2.75, 3.05) is 20.3 Å². The number of rotatable bonds is 5. The summed E-state index contributed by atoms with van der Waals surface area (Å²) in [4.78, 5) is 0. The minimum atomic E-state index is 0.340. The van der Waals surface area contributed by atoms with Gasteiger partial charge in [-0.1, -0.05) is 42.5 Å². The molecule has 0 bridgehead atoms. The quantitative estimate of drug-likeness (QED) is 0.913. The van der Waals surface area contributed by atoms with Crippen LogP contribution in [0.3, 0.4) is 0 Å². The molecule has 3 nitrogen and oxygen atoms in total. The Labute approximate surface area is 125 Å². The lowest BCUT2D eigenvalue weighted by atomic mass is 9.99. The molecular formula is C18H21NO2. The molecule has 0 aliphatic carbocycles. The molecule has 1 unspecified atom stereocenters. The fourth-order valence-corrected chi connectivity index (χ4v) is 2.80. The van der Waals surface area contributed by atoms with Crippen molar-refractivity contribution in [3.05, 3.63) is 59.7 Å². The fourth-order valence-electron chi connectivity index (χ4n) is 2.80. The van der Waals surface area contributed by atoms with Crippen molar-refractivity contribution < 1.29 is 9.47 Å². The van der Waals surface area contributed by atoms with Crippen LogP contribution in [0.4, 0.5) is 0 Å². The second-order valence-corrected chi connectivity index (χ2v) is 5.26.